The van der Waals surface area contributed by atoms with Crippen LogP contribution in [0.15, 0.2) is 76.0 Å². The van der Waals surface area contributed by atoms with E-state index in [2.05, 4.69) is 41.0 Å². The molecule has 1 unspecified atom stereocenters. The Labute approximate surface area is 211 Å². The molecule has 0 N–H and O–H groups in total. The number of aryl methyl sites for hydroxylation is 1. The van der Waals surface area contributed by atoms with Gasteiger partial charge in [0.1, 0.15) is 10.3 Å². The summed E-state index contributed by atoms with van der Waals surface area (Å²) in [4.78, 5) is 13.0. The Kier molecular flexibility index (Phi) is 9.94. The van der Waals surface area contributed by atoms with E-state index in [4.69, 9.17) is 0 Å². The minimum Gasteiger partial charge on any atom is -0.281 e. The lowest BCUT2D eigenvalue weighted by molar-refractivity contribution is 0.402. The SMILES string of the molecule is C=C(CCC(CCC)CCCc1cccc(F)c1)Cc1c(Br)c(=O)n(-c2ccccc2)n1CC. The number of nitrogens with zero attached hydrogens (tertiary/aromatic N) is 2. The van der Waals surface area contributed by atoms with Crippen molar-refractivity contribution < 1.29 is 4.39 Å². The zero-order valence-electron chi connectivity index (χ0n) is 20.4. The molecule has 1 heterocycles. The van der Waals surface area contributed by atoms with Crippen molar-refractivity contribution in [2.75, 3.05) is 0 Å². The van der Waals surface area contributed by atoms with Gasteiger partial charge >= 0.3 is 0 Å². The summed E-state index contributed by atoms with van der Waals surface area (Å²) < 4.78 is 17.9. The van der Waals surface area contributed by atoms with E-state index in [-0.39, 0.29) is 11.4 Å². The van der Waals surface area contributed by atoms with Crippen LogP contribution in [0.4, 0.5) is 4.39 Å². The van der Waals surface area contributed by atoms with Crippen LogP contribution in [0.5, 0.6) is 0 Å². The molecule has 0 aliphatic rings. The van der Waals surface area contributed by atoms with Gasteiger partial charge in [-0.25, -0.2) is 9.07 Å². The van der Waals surface area contributed by atoms with Crippen molar-refractivity contribution in [2.24, 2.45) is 5.92 Å². The summed E-state index contributed by atoms with van der Waals surface area (Å²) in [7, 11) is 0. The van der Waals surface area contributed by atoms with Crippen LogP contribution in [0.25, 0.3) is 5.69 Å². The molecule has 3 aromatic rings. The first-order valence-electron chi connectivity index (χ1n) is 12.4. The van der Waals surface area contributed by atoms with Crippen molar-refractivity contribution in [1.29, 1.82) is 0 Å². The van der Waals surface area contributed by atoms with Crippen LogP contribution in [0, 0.1) is 11.7 Å². The smallest absolute Gasteiger partial charge is 0.281 e. The fourth-order valence-corrected chi connectivity index (χ4v) is 5.26. The van der Waals surface area contributed by atoms with E-state index in [9.17, 15) is 9.18 Å². The van der Waals surface area contributed by atoms with Gasteiger partial charge in [0.15, 0.2) is 0 Å². The van der Waals surface area contributed by atoms with E-state index < -0.39 is 0 Å². The second-order valence-corrected chi connectivity index (χ2v) is 9.86. The monoisotopic (exact) mass is 526 g/mol. The van der Waals surface area contributed by atoms with E-state index in [0.717, 1.165) is 61.0 Å². The average Bonchev–Trinajstić information content (AvgIpc) is 3.07. The zero-order valence-corrected chi connectivity index (χ0v) is 22.0. The van der Waals surface area contributed by atoms with Crippen LogP contribution in [0.3, 0.4) is 0 Å². The Hall–Kier alpha value is -2.40. The fourth-order valence-electron chi connectivity index (χ4n) is 4.75. The zero-order chi connectivity index (χ0) is 24.5. The summed E-state index contributed by atoms with van der Waals surface area (Å²) in [6.45, 7) is 9.36. The van der Waals surface area contributed by atoms with Gasteiger partial charge in [-0.15, -0.1) is 0 Å². The highest BCUT2D eigenvalue weighted by molar-refractivity contribution is 9.10. The number of allylic oxidation sites excluding steroid dienone is 1. The number of hydrogen-bond acceptors (Lipinski definition) is 1. The molecule has 1 aromatic heterocycles. The first-order chi connectivity index (χ1) is 16.4. The van der Waals surface area contributed by atoms with Gasteiger partial charge < -0.3 is 0 Å². The number of para-hydroxylation sites is 1. The van der Waals surface area contributed by atoms with E-state index >= 15 is 0 Å². The van der Waals surface area contributed by atoms with Crippen LogP contribution < -0.4 is 5.56 Å². The van der Waals surface area contributed by atoms with E-state index in [1.54, 1.807) is 16.8 Å². The summed E-state index contributed by atoms with van der Waals surface area (Å²) in [5.41, 5.74) is 4.05. The minimum absolute atomic E-state index is 0.0305. The van der Waals surface area contributed by atoms with E-state index in [1.165, 1.54) is 12.5 Å². The highest BCUT2D eigenvalue weighted by Crippen LogP contribution is 2.26. The molecule has 182 valence electrons. The molecule has 0 aliphatic heterocycles. The number of hydrogen-bond donors (Lipinski definition) is 0. The molecular formula is C29H36BrFN2O. The summed E-state index contributed by atoms with van der Waals surface area (Å²) >= 11 is 3.56. The average molecular weight is 528 g/mol. The molecule has 0 saturated heterocycles. The number of aromatic nitrogens is 2. The summed E-state index contributed by atoms with van der Waals surface area (Å²) in [5.74, 6) is 0.484. The summed E-state index contributed by atoms with van der Waals surface area (Å²) in [5, 5.41) is 0. The molecule has 0 bridgehead atoms. The third-order valence-electron chi connectivity index (χ3n) is 6.47. The minimum atomic E-state index is -0.156. The van der Waals surface area contributed by atoms with Gasteiger partial charge in [-0.3, -0.25) is 9.48 Å². The lowest BCUT2D eigenvalue weighted by atomic mass is 9.89. The maximum absolute atomic E-state index is 13.4. The van der Waals surface area contributed by atoms with Gasteiger partial charge in [0.25, 0.3) is 5.56 Å². The molecule has 0 fully saturated rings. The normalized spacial score (nSPS) is 12.1. The molecular weight excluding hydrogens is 491 g/mol. The van der Waals surface area contributed by atoms with Crippen LogP contribution >= 0.6 is 15.9 Å². The van der Waals surface area contributed by atoms with Gasteiger partial charge in [-0.2, -0.15) is 0 Å². The van der Waals surface area contributed by atoms with Crippen LogP contribution in [0.2, 0.25) is 0 Å². The highest BCUT2D eigenvalue weighted by atomic mass is 79.9. The molecule has 34 heavy (non-hydrogen) atoms. The van der Waals surface area contributed by atoms with Crippen molar-refractivity contribution in [3.05, 3.63) is 98.7 Å². The van der Waals surface area contributed by atoms with Crippen molar-refractivity contribution >= 4 is 15.9 Å². The van der Waals surface area contributed by atoms with E-state index in [0.29, 0.717) is 23.4 Å². The maximum Gasteiger partial charge on any atom is 0.286 e. The van der Waals surface area contributed by atoms with Crippen LogP contribution in [0.1, 0.15) is 63.6 Å². The second-order valence-electron chi connectivity index (χ2n) is 9.07. The lowest BCUT2D eigenvalue weighted by Gasteiger charge is -2.18. The van der Waals surface area contributed by atoms with Crippen molar-refractivity contribution in [2.45, 2.75) is 71.8 Å². The van der Waals surface area contributed by atoms with Gasteiger partial charge in [0, 0.05) is 13.0 Å². The molecule has 3 nitrogen and oxygen atoms in total. The molecule has 0 saturated carbocycles. The third kappa shape index (κ3) is 6.82. The van der Waals surface area contributed by atoms with Crippen molar-refractivity contribution in [1.82, 2.24) is 9.36 Å². The van der Waals surface area contributed by atoms with Crippen molar-refractivity contribution in [3.63, 3.8) is 0 Å². The predicted molar refractivity (Wildman–Crippen MR) is 143 cm³/mol. The van der Waals surface area contributed by atoms with Gasteiger partial charge in [0.05, 0.1) is 11.4 Å². The number of rotatable bonds is 13. The Morgan fingerprint density at radius 1 is 1.06 bits per heavy atom. The van der Waals surface area contributed by atoms with Crippen LogP contribution in [-0.2, 0) is 19.4 Å². The Morgan fingerprint density at radius 2 is 1.82 bits per heavy atom. The molecule has 3 rings (SSSR count). The van der Waals surface area contributed by atoms with Gasteiger partial charge in [-0.05, 0) is 84.3 Å². The topological polar surface area (TPSA) is 26.9 Å². The molecule has 0 aliphatic carbocycles. The first-order valence-corrected chi connectivity index (χ1v) is 13.2. The molecule has 0 radical (unpaired) electrons. The standard InChI is InChI=1S/C29H36BrFN2O/c1-4-11-23(12-9-13-24-14-10-15-25(31)21-24)19-18-22(3)20-27-28(30)29(34)33(32(27)5-2)26-16-7-6-8-17-26/h6-8,10,14-17,21,23H,3-5,9,11-13,18-20H2,1-2H3. The molecule has 2 aromatic carbocycles. The summed E-state index contributed by atoms with van der Waals surface area (Å²) in [6.07, 6.45) is 8.23. The molecule has 5 heteroatoms. The third-order valence-corrected chi connectivity index (χ3v) is 7.27. The lowest BCUT2D eigenvalue weighted by Crippen LogP contribution is -2.21. The molecule has 0 spiro atoms. The number of benzene rings is 2. The second kappa shape index (κ2) is 12.9. The Bertz CT molecular complexity index is 1130. The van der Waals surface area contributed by atoms with Crippen LogP contribution in [-0.4, -0.2) is 9.36 Å². The largest absolute Gasteiger partial charge is 0.286 e. The molecule has 1 atom stereocenters. The van der Waals surface area contributed by atoms with Gasteiger partial charge in [-0.1, -0.05) is 68.7 Å². The maximum atomic E-state index is 13.4. The van der Waals surface area contributed by atoms with E-state index in [1.807, 2.05) is 36.4 Å². The van der Waals surface area contributed by atoms with Crippen molar-refractivity contribution in [3.8, 4) is 5.69 Å². The predicted octanol–water partition coefficient (Wildman–Crippen LogP) is 7.88. The quantitative estimate of drug-likeness (QED) is 0.208. The molecule has 0 amide bonds. The highest BCUT2D eigenvalue weighted by Gasteiger charge is 2.19. The Morgan fingerprint density at radius 3 is 2.50 bits per heavy atom. The fraction of sp³-hybridized carbons (Fsp3) is 0.414. The van der Waals surface area contributed by atoms with Gasteiger partial charge in [0.2, 0.25) is 0 Å². The number of halogens is 2. The first kappa shape index (κ1) is 26.2. The summed E-state index contributed by atoms with van der Waals surface area (Å²) in [6, 6.07) is 16.7. The Balaban J connectivity index is 1.61.